The highest BCUT2D eigenvalue weighted by molar-refractivity contribution is 4.71. The van der Waals surface area contributed by atoms with E-state index in [2.05, 4.69) is 13.8 Å². The first-order valence-corrected chi connectivity index (χ1v) is 6.41. The van der Waals surface area contributed by atoms with Gasteiger partial charge >= 0.3 is 0 Å². The number of aliphatic hydroxyl groups is 1. The summed E-state index contributed by atoms with van der Waals surface area (Å²) in [6, 6.07) is 0. The third kappa shape index (κ3) is 4.52. The summed E-state index contributed by atoms with van der Waals surface area (Å²) in [5, 5.41) is 9.64. The van der Waals surface area contributed by atoms with Crippen LogP contribution in [0.2, 0.25) is 0 Å². The number of rotatable bonds is 6. The van der Waals surface area contributed by atoms with Crippen molar-refractivity contribution >= 4 is 0 Å². The zero-order valence-corrected chi connectivity index (χ0v) is 10.4. The molecular formula is C13H26O2. The van der Waals surface area contributed by atoms with Gasteiger partial charge in [-0.15, -0.1) is 0 Å². The first kappa shape index (κ1) is 13.0. The van der Waals surface area contributed by atoms with E-state index in [1.54, 1.807) is 0 Å². The molecule has 0 saturated carbocycles. The van der Waals surface area contributed by atoms with Crippen LogP contribution in [0.1, 0.15) is 52.9 Å². The maximum atomic E-state index is 9.64. The molecule has 0 aliphatic carbocycles. The second kappa shape index (κ2) is 6.49. The Hall–Kier alpha value is -0.0800. The largest absolute Gasteiger partial charge is 0.393 e. The fourth-order valence-electron chi connectivity index (χ4n) is 2.58. The van der Waals surface area contributed by atoms with E-state index in [1.807, 2.05) is 6.92 Å². The van der Waals surface area contributed by atoms with Gasteiger partial charge in [0.1, 0.15) is 0 Å². The van der Waals surface area contributed by atoms with Crippen LogP contribution in [-0.4, -0.2) is 23.9 Å². The SMILES string of the molecule is CC(C)C(CCCC1CCCO1)C(C)O. The number of ether oxygens (including phenoxy) is 1. The molecule has 0 amide bonds. The van der Waals surface area contributed by atoms with E-state index < -0.39 is 0 Å². The quantitative estimate of drug-likeness (QED) is 0.736. The van der Waals surface area contributed by atoms with Crippen molar-refractivity contribution in [2.45, 2.75) is 65.1 Å². The van der Waals surface area contributed by atoms with Crippen LogP contribution in [0.5, 0.6) is 0 Å². The van der Waals surface area contributed by atoms with Gasteiger partial charge in [0.15, 0.2) is 0 Å². The minimum Gasteiger partial charge on any atom is -0.393 e. The monoisotopic (exact) mass is 214 g/mol. The molecule has 1 rings (SSSR count). The lowest BCUT2D eigenvalue weighted by Crippen LogP contribution is -2.22. The molecule has 1 fully saturated rings. The van der Waals surface area contributed by atoms with Gasteiger partial charge in [0.05, 0.1) is 12.2 Å². The smallest absolute Gasteiger partial charge is 0.0576 e. The van der Waals surface area contributed by atoms with Crippen molar-refractivity contribution in [1.82, 2.24) is 0 Å². The zero-order valence-electron chi connectivity index (χ0n) is 10.4. The van der Waals surface area contributed by atoms with Crippen molar-refractivity contribution in [2.24, 2.45) is 11.8 Å². The lowest BCUT2D eigenvalue weighted by atomic mass is 9.86. The Kier molecular flexibility index (Phi) is 5.62. The Bertz CT molecular complexity index is 152. The molecule has 2 nitrogen and oxygen atoms in total. The molecule has 1 heterocycles. The van der Waals surface area contributed by atoms with Crippen LogP contribution in [0.25, 0.3) is 0 Å². The van der Waals surface area contributed by atoms with Gasteiger partial charge in [0, 0.05) is 6.61 Å². The Morgan fingerprint density at radius 1 is 1.33 bits per heavy atom. The first-order valence-electron chi connectivity index (χ1n) is 6.41. The van der Waals surface area contributed by atoms with E-state index in [-0.39, 0.29) is 6.10 Å². The average molecular weight is 214 g/mol. The molecular weight excluding hydrogens is 188 g/mol. The predicted octanol–water partition coefficient (Wildman–Crippen LogP) is 2.99. The van der Waals surface area contributed by atoms with Gasteiger partial charge in [-0.2, -0.15) is 0 Å². The maximum Gasteiger partial charge on any atom is 0.0576 e. The lowest BCUT2D eigenvalue weighted by Gasteiger charge is -2.24. The van der Waals surface area contributed by atoms with Gasteiger partial charge < -0.3 is 9.84 Å². The standard InChI is InChI=1S/C13H26O2/c1-10(2)13(11(3)14)8-4-6-12-7-5-9-15-12/h10-14H,4-9H2,1-3H3. The van der Waals surface area contributed by atoms with E-state index >= 15 is 0 Å². The molecule has 0 spiro atoms. The average Bonchev–Trinajstić information content (AvgIpc) is 2.63. The van der Waals surface area contributed by atoms with Gasteiger partial charge in [-0.1, -0.05) is 20.3 Å². The molecule has 0 bridgehead atoms. The summed E-state index contributed by atoms with van der Waals surface area (Å²) >= 11 is 0. The van der Waals surface area contributed by atoms with E-state index in [0.29, 0.717) is 17.9 Å². The van der Waals surface area contributed by atoms with Crippen molar-refractivity contribution in [1.29, 1.82) is 0 Å². The van der Waals surface area contributed by atoms with Gasteiger partial charge in [0.2, 0.25) is 0 Å². The van der Waals surface area contributed by atoms with Crippen molar-refractivity contribution in [2.75, 3.05) is 6.61 Å². The number of hydrogen-bond acceptors (Lipinski definition) is 2. The number of aliphatic hydroxyl groups excluding tert-OH is 1. The minimum atomic E-state index is -0.172. The van der Waals surface area contributed by atoms with E-state index in [1.165, 1.54) is 25.7 Å². The maximum absolute atomic E-state index is 9.64. The molecule has 1 N–H and O–H groups in total. The molecule has 1 aliphatic rings. The van der Waals surface area contributed by atoms with Crippen LogP contribution < -0.4 is 0 Å². The normalized spacial score (nSPS) is 25.8. The van der Waals surface area contributed by atoms with Gasteiger partial charge in [-0.3, -0.25) is 0 Å². The predicted molar refractivity (Wildman–Crippen MR) is 62.8 cm³/mol. The molecule has 2 heteroatoms. The molecule has 3 atom stereocenters. The van der Waals surface area contributed by atoms with Crippen LogP contribution in [0.3, 0.4) is 0 Å². The molecule has 0 aromatic rings. The summed E-state index contributed by atoms with van der Waals surface area (Å²) in [5.74, 6) is 1.03. The molecule has 3 unspecified atom stereocenters. The van der Waals surface area contributed by atoms with Crippen LogP contribution >= 0.6 is 0 Å². The highest BCUT2D eigenvalue weighted by Gasteiger charge is 2.20. The summed E-state index contributed by atoms with van der Waals surface area (Å²) < 4.78 is 5.59. The Morgan fingerprint density at radius 3 is 2.53 bits per heavy atom. The first-order chi connectivity index (χ1) is 7.11. The van der Waals surface area contributed by atoms with Crippen LogP contribution in [0, 0.1) is 11.8 Å². The topological polar surface area (TPSA) is 29.5 Å². The van der Waals surface area contributed by atoms with Gasteiger partial charge in [-0.25, -0.2) is 0 Å². The van der Waals surface area contributed by atoms with Crippen molar-refractivity contribution in [3.63, 3.8) is 0 Å². The Morgan fingerprint density at radius 2 is 2.07 bits per heavy atom. The summed E-state index contributed by atoms with van der Waals surface area (Å²) in [5.41, 5.74) is 0. The van der Waals surface area contributed by atoms with Crippen LogP contribution in [0.4, 0.5) is 0 Å². The van der Waals surface area contributed by atoms with Crippen LogP contribution in [0.15, 0.2) is 0 Å². The van der Waals surface area contributed by atoms with Crippen molar-refractivity contribution in [3.05, 3.63) is 0 Å². The van der Waals surface area contributed by atoms with Gasteiger partial charge in [-0.05, 0) is 44.4 Å². The molecule has 1 saturated heterocycles. The van der Waals surface area contributed by atoms with Gasteiger partial charge in [0.25, 0.3) is 0 Å². The molecule has 90 valence electrons. The minimum absolute atomic E-state index is 0.172. The molecule has 0 aromatic heterocycles. The second-order valence-corrected chi connectivity index (χ2v) is 5.21. The van der Waals surface area contributed by atoms with Crippen LogP contribution in [-0.2, 0) is 4.74 Å². The van der Waals surface area contributed by atoms with E-state index in [9.17, 15) is 5.11 Å². The molecule has 1 aliphatic heterocycles. The van der Waals surface area contributed by atoms with Crippen molar-refractivity contribution < 1.29 is 9.84 Å². The Labute approximate surface area is 94.0 Å². The van der Waals surface area contributed by atoms with E-state index in [0.717, 1.165) is 13.0 Å². The Balaban J connectivity index is 2.15. The molecule has 0 aromatic carbocycles. The summed E-state index contributed by atoms with van der Waals surface area (Å²) in [6.45, 7) is 7.26. The fraction of sp³-hybridized carbons (Fsp3) is 1.00. The fourth-order valence-corrected chi connectivity index (χ4v) is 2.58. The summed E-state index contributed by atoms with van der Waals surface area (Å²) in [7, 11) is 0. The highest BCUT2D eigenvalue weighted by atomic mass is 16.5. The summed E-state index contributed by atoms with van der Waals surface area (Å²) in [6.07, 6.45) is 6.31. The third-order valence-corrected chi connectivity index (χ3v) is 3.56. The second-order valence-electron chi connectivity index (χ2n) is 5.21. The summed E-state index contributed by atoms with van der Waals surface area (Å²) in [4.78, 5) is 0. The molecule has 15 heavy (non-hydrogen) atoms. The zero-order chi connectivity index (χ0) is 11.3. The highest BCUT2D eigenvalue weighted by Crippen LogP contribution is 2.24. The van der Waals surface area contributed by atoms with E-state index in [4.69, 9.17) is 4.74 Å². The molecule has 0 radical (unpaired) electrons. The number of hydrogen-bond donors (Lipinski definition) is 1. The lowest BCUT2D eigenvalue weighted by molar-refractivity contribution is 0.0764. The third-order valence-electron chi connectivity index (χ3n) is 3.56. The van der Waals surface area contributed by atoms with Crippen molar-refractivity contribution in [3.8, 4) is 0 Å².